The highest BCUT2D eigenvalue weighted by Gasteiger charge is 2.10. The molecule has 0 aliphatic carbocycles. The van der Waals surface area contributed by atoms with Crippen molar-refractivity contribution in [2.24, 2.45) is 0 Å². The van der Waals surface area contributed by atoms with Crippen LogP contribution in [0.1, 0.15) is 5.76 Å². The monoisotopic (exact) mass is 137 g/mol. The van der Waals surface area contributed by atoms with Crippen LogP contribution in [0.4, 0.5) is 0 Å². The summed E-state index contributed by atoms with van der Waals surface area (Å²) in [5, 5.41) is 10.1. The number of furan rings is 1. The van der Waals surface area contributed by atoms with E-state index in [9.17, 15) is 9.90 Å². The summed E-state index contributed by atoms with van der Waals surface area (Å²) in [6, 6.07) is 3.10. The summed E-state index contributed by atoms with van der Waals surface area (Å²) in [6.07, 6.45) is 1.38. The average molecular weight is 137 g/mol. The van der Waals surface area contributed by atoms with Crippen molar-refractivity contribution in [2.75, 3.05) is 0 Å². The second kappa shape index (κ2) is 2.39. The third kappa shape index (κ3) is 1.07. The molecular formula is C7H5O3. The van der Waals surface area contributed by atoms with Crippen molar-refractivity contribution in [3.05, 3.63) is 30.7 Å². The maximum absolute atomic E-state index is 10.1. The molecule has 0 spiro atoms. The minimum atomic E-state index is -1.31. The zero-order chi connectivity index (χ0) is 7.56. The molecule has 0 aliphatic rings. The second-order valence-corrected chi connectivity index (χ2v) is 1.74. The fourth-order valence-corrected chi connectivity index (χ4v) is 0.551. The van der Waals surface area contributed by atoms with Gasteiger partial charge in [0, 0.05) is 0 Å². The van der Waals surface area contributed by atoms with Gasteiger partial charge in [-0.15, -0.1) is 0 Å². The van der Waals surface area contributed by atoms with Gasteiger partial charge >= 0.3 is 5.97 Å². The molecule has 0 saturated carbocycles. The molecule has 1 aromatic rings. The van der Waals surface area contributed by atoms with Gasteiger partial charge in [0.05, 0.1) is 11.8 Å². The maximum atomic E-state index is 10.1. The highest BCUT2D eigenvalue weighted by atomic mass is 16.4. The number of hydrogen-bond donors (Lipinski definition) is 0. The van der Waals surface area contributed by atoms with Gasteiger partial charge in [0.2, 0.25) is 0 Å². The molecule has 0 atom stereocenters. The average Bonchev–Trinajstić information content (AvgIpc) is 2.36. The smallest absolute Gasteiger partial charge is 0.389 e. The Morgan fingerprint density at radius 3 is 2.70 bits per heavy atom. The first-order valence-electron chi connectivity index (χ1n) is 2.66. The summed E-state index contributed by atoms with van der Waals surface area (Å²) in [7, 11) is 0. The standard InChI is InChI=1S/C7H5O3/c1-5(7(8)9)6-3-2-4-10-6/h2-4H,1H2. The number of carbonyl (C=O) groups excluding carboxylic acids is 1. The Bertz CT molecular complexity index is 246. The van der Waals surface area contributed by atoms with Crippen molar-refractivity contribution in [3.63, 3.8) is 0 Å². The maximum Gasteiger partial charge on any atom is 0.389 e. The van der Waals surface area contributed by atoms with Crippen LogP contribution in [0.25, 0.3) is 5.57 Å². The lowest BCUT2D eigenvalue weighted by Gasteiger charge is -1.88. The van der Waals surface area contributed by atoms with E-state index in [1.165, 1.54) is 12.3 Å². The first-order valence-corrected chi connectivity index (χ1v) is 2.66. The highest BCUT2D eigenvalue weighted by molar-refractivity contribution is 6.13. The molecule has 51 valence electrons. The molecule has 1 heterocycles. The summed E-state index contributed by atoms with van der Waals surface area (Å²) in [5.74, 6) is -1.07. The predicted molar refractivity (Wildman–Crippen MR) is 33.4 cm³/mol. The van der Waals surface area contributed by atoms with Gasteiger partial charge in [-0.3, -0.25) is 0 Å². The van der Waals surface area contributed by atoms with Gasteiger partial charge in [-0.1, -0.05) is 6.58 Å². The molecule has 3 heteroatoms. The topological polar surface area (TPSA) is 50.1 Å². The minimum absolute atomic E-state index is 0.134. The Morgan fingerprint density at radius 2 is 2.30 bits per heavy atom. The van der Waals surface area contributed by atoms with Gasteiger partial charge in [-0.05, 0) is 12.1 Å². The van der Waals surface area contributed by atoms with Crippen LogP contribution in [0.3, 0.4) is 0 Å². The van der Waals surface area contributed by atoms with E-state index in [-0.39, 0.29) is 11.3 Å². The molecule has 0 aromatic carbocycles. The van der Waals surface area contributed by atoms with Crippen LogP contribution >= 0.6 is 0 Å². The van der Waals surface area contributed by atoms with Gasteiger partial charge < -0.3 is 4.42 Å². The fourth-order valence-electron chi connectivity index (χ4n) is 0.551. The predicted octanol–water partition coefficient (Wildman–Crippen LogP) is 1.25. The highest BCUT2D eigenvalue weighted by Crippen LogP contribution is 2.11. The molecular weight excluding hydrogens is 132 g/mol. The van der Waals surface area contributed by atoms with Crippen molar-refractivity contribution in [2.45, 2.75) is 0 Å². The van der Waals surface area contributed by atoms with E-state index in [1.807, 2.05) is 0 Å². The van der Waals surface area contributed by atoms with Crippen LogP contribution in [-0.2, 0) is 9.90 Å². The Morgan fingerprint density at radius 1 is 1.60 bits per heavy atom. The Hall–Kier alpha value is -1.51. The summed E-state index contributed by atoms with van der Waals surface area (Å²) >= 11 is 0. The third-order valence-corrected chi connectivity index (χ3v) is 1.07. The van der Waals surface area contributed by atoms with Crippen molar-refractivity contribution in [1.82, 2.24) is 0 Å². The largest absolute Gasteiger partial charge is 0.464 e. The summed E-state index contributed by atoms with van der Waals surface area (Å²) in [5.41, 5.74) is -0.134. The normalized spacial score (nSPS) is 9.20. The quantitative estimate of drug-likeness (QED) is 0.576. The Balaban J connectivity index is 2.88. The zero-order valence-corrected chi connectivity index (χ0v) is 5.16. The van der Waals surface area contributed by atoms with Crippen molar-refractivity contribution < 1.29 is 14.3 Å². The van der Waals surface area contributed by atoms with Gasteiger partial charge in [-0.2, -0.15) is 0 Å². The van der Waals surface area contributed by atoms with Gasteiger partial charge in [0.25, 0.3) is 0 Å². The van der Waals surface area contributed by atoms with Crippen molar-refractivity contribution in [3.8, 4) is 0 Å². The van der Waals surface area contributed by atoms with Crippen LogP contribution in [0, 0.1) is 0 Å². The molecule has 10 heavy (non-hydrogen) atoms. The zero-order valence-electron chi connectivity index (χ0n) is 5.16. The number of rotatable bonds is 2. The summed E-state index contributed by atoms with van der Waals surface area (Å²) in [4.78, 5) is 10.1. The van der Waals surface area contributed by atoms with E-state index in [4.69, 9.17) is 4.42 Å². The molecule has 0 bridgehead atoms. The van der Waals surface area contributed by atoms with Crippen molar-refractivity contribution >= 4 is 11.5 Å². The molecule has 1 radical (unpaired) electrons. The van der Waals surface area contributed by atoms with Gasteiger partial charge in [0.15, 0.2) is 0 Å². The molecule has 1 rings (SSSR count). The first kappa shape index (κ1) is 6.61. The number of carbonyl (C=O) groups is 1. The second-order valence-electron chi connectivity index (χ2n) is 1.74. The summed E-state index contributed by atoms with van der Waals surface area (Å²) < 4.78 is 4.74. The Labute approximate surface area is 57.6 Å². The van der Waals surface area contributed by atoms with Crippen molar-refractivity contribution in [1.29, 1.82) is 0 Å². The molecule has 0 unspecified atom stereocenters. The van der Waals surface area contributed by atoms with E-state index in [1.54, 1.807) is 6.07 Å². The van der Waals surface area contributed by atoms with E-state index < -0.39 is 5.97 Å². The fraction of sp³-hybridized carbons (Fsp3) is 0. The first-order chi connectivity index (χ1) is 4.72. The molecule has 0 saturated heterocycles. The van der Waals surface area contributed by atoms with Gasteiger partial charge in [0.1, 0.15) is 5.76 Å². The minimum Gasteiger partial charge on any atom is -0.464 e. The molecule has 0 amide bonds. The van der Waals surface area contributed by atoms with Gasteiger partial charge in [-0.25, -0.2) is 9.90 Å². The van der Waals surface area contributed by atoms with Crippen LogP contribution in [0.2, 0.25) is 0 Å². The third-order valence-electron chi connectivity index (χ3n) is 1.07. The Kier molecular flexibility index (Phi) is 1.58. The van der Waals surface area contributed by atoms with Crippen LogP contribution in [0.5, 0.6) is 0 Å². The van der Waals surface area contributed by atoms with Crippen LogP contribution < -0.4 is 0 Å². The number of hydrogen-bond acceptors (Lipinski definition) is 2. The molecule has 1 aromatic heterocycles. The summed E-state index contributed by atoms with van der Waals surface area (Å²) in [6.45, 7) is 3.24. The van der Waals surface area contributed by atoms with E-state index in [0.29, 0.717) is 0 Å². The molecule has 0 N–H and O–H groups in total. The SMILES string of the molecule is C=C(C([O])=O)c1ccco1. The van der Waals surface area contributed by atoms with Crippen LogP contribution in [-0.4, -0.2) is 5.97 Å². The lowest BCUT2D eigenvalue weighted by Crippen LogP contribution is -1.93. The van der Waals surface area contributed by atoms with E-state index in [0.717, 1.165) is 0 Å². The lowest BCUT2D eigenvalue weighted by atomic mass is 10.2. The molecule has 3 nitrogen and oxygen atoms in total. The molecule has 0 fully saturated rings. The van der Waals surface area contributed by atoms with E-state index >= 15 is 0 Å². The van der Waals surface area contributed by atoms with Crippen LogP contribution in [0.15, 0.2) is 29.4 Å². The molecule has 0 aliphatic heterocycles. The lowest BCUT2D eigenvalue weighted by molar-refractivity contribution is -0.136. The van der Waals surface area contributed by atoms with E-state index in [2.05, 4.69) is 6.58 Å².